The van der Waals surface area contributed by atoms with Crippen molar-refractivity contribution in [3.63, 3.8) is 0 Å². The Hall–Kier alpha value is -3.24. The third-order valence-electron chi connectivity index (χ3n) is 5.18. The van der Waals surface area contributed by atoms with E-state index in [0.717, 1.165) is 27.9 Å². The van der Waals surface area contributed by atoms with Crippen molar-refractivity contribution in [3.8, 4) is 0 Å². The first-order chi connectivity index (χ1) is 16.0. The number of fused-ring (bicyclic) bond motifs is 1. The number of nitrogens with zero attached hydrogens (tertiary/aromatic N) is 5. The Bertz CT molecular complexity index is 1170. The predicted molar refractivity (Wildman–Crippen MR) is 127 cm³/mol. The average Bonchev–Trinajstić information content (AvgIpc) is 3.15. The molecule has 1 fully saturated rings. The van der Waals surface area contributed by atoms with E-state index in [9.17, 15) is 9.59 Å². The molecule has 33 heavy (non-hydrogen) atoms. The molecule has 4 rings (SSSR count). The number of aromatic nitrogens is 3. The summed E-state index contributed by atoms with van der Waals surface area (Å²) in [5, 5.41) is 5.65. The highest BCUT2D eigenvalue weighted by molar-refractivity contribution is 7.99. The molecule has 10 heteroatoms. The topological polar surface area (TPSA) is 102 Å². The summed E-state index contributed by atoms with van der Waals surface area (Å²) in [5.74, 6) is -0.0255. The number of ether oxygens (including phenoxy) is 1. The Morgan fingerprint density at radius 1 is 1.18 bits per heavy atom. The molecule has 0 atom stereocenters. The fourth-order valence-corrected chi connectivity index (χ4v) is 4.40. The lowest BCUT2D eigenvalue weighted by molar-refractivity contribution is -0.135. The number of benzene rings is 1. The molecule has 2 aromatic heterocycles. The van der Waals surface area contributed by atoms with Gasteiger partial charge in [-0.1, -0.05) is 30.0 Å². The molecule has 3 aromatic rings. The Balaban J connectivity index is 1.39. The number of hydrazone groups is 1. The molecule has 0 saturated carbocycles. The van der Waals surface area contributed by atoms with Crippen molar-refractivity contribution in [2.75, 3.05) is 32.1 Å². The lowest BCUT2D eigenvalue weighted by Crippen LogP contribution is -2.42. The second kappa shape index (κ2) is 10.6. The maximum atomic E-state index is 12.7. The van der Waals surface area contributed by atoms with Crippen molar-refractivity contribution in [1.29, 1.82) is 0 Å². The molecule has 0 spiro atoms. The molecule has 1 N–H and O–H groups in total. The third kappa shape index (κ3) is 5.96. The molecule has 172 valence electrons. The summed E-state index contributed by atoms with van der Waals surface area (Å²) in [6.45, 7) is 6.41. The Morgan fingerprint density at radius 3 is 2.67 bits per heavy atom. The van der Waals surface area contributed by atoms with Crippen LogP contribution in [0.3, 0.4) is 0 Å². The van der Waals surface area contributed by atoms with Gasteiger partial charge in [-0.3, -0.25) is 9.59 Å². The fraction of sp³-hybridized carbons (Fsp3) is 0.348. The summed E-state index contributed by atoms with van der Waals surface area (Å²) >= 11 is 1.27. The van der Waals surface area contributed by atoms with E-state index in [-0.39, 0.29) is 24.1 Å². The summed E-state index contributed by atoms with van der Waals surface area (Å²) in [5.41, 5.74) is 6.05. The first kappa shape index (κ1) is 22.9. The van der Waals surface area contributed by atoms with Gasteiger partial charge in [0.2, 0.25) is 5.91 Å². The van der Waals surface area contributed by atoms with Crippen molar-refractivity contribution in [2.24, 2.45) is 5.10 Å². The van der Waals surface area contributed by atoms with Crippen LogP contribution in [0.4, 0.5) is 0 Å². The molecular weight excluding hydrogens is 440 g/mol. The van der Waals surface area contributed by atoms with Crippen LogP contribution >= 0.6 is 11.8 Å². The van der Waals surface area contributed by atoms with Crippen molar-refractivity contribution >= 4 is 40.7 Å². The molecule has 9 nitrogen and oxygen atoms in total. The number of hydrogen-bond donors (Lipinski definition) is 1. The number of thioether (sulfide) groups is 1. The van der Waals surface area contributed by atoms with Gasteiger partial charge >= 0.3 is 0 Å². The maximum Gasteiger partial charge on any atom is 0.250 e. The Labute approximate surface area is 196 Å². The highest BCUT2D eigenvalue weighted by Gasteiger charge is 2.18. The third-order valence-corrected chi connectivity index (χ3v) is 6.02. The lowest BCUT2D eigenvalue weighted by atomic mass is 10.2. The van der Waals surface area contributed by atoms with Crippen LogP contribution in [-0.2, 0) is 20.9 Å². The van der Waals surface area contributed by atoms with Gasteiger partial charge in [-0.15, -0.1) is 0 Å². The number of carbonyl (C=O) groups excluding carboxylic acids is 2. The van der Waals surface area contributed by atoms with Crippen LogP contribution in [-0.4, -0.2) is 69.5 Å². The Morgan fingerprint density at radius 2 is 1.91 bits per heavy atom. The number of amides is 2. The molecule has 3 heterocycles. The second-order valence-electron chi connectivity index (χ2n) is 7.74. The molecule has 0 bridgehead atoms. The van der Waals surface area contributed by atoms with E-state index in [1.807, 2.05) is 59.8 Å². The van der Waals surface area contributed by atoms with Gasteiger partial charge in [-0.05, 0) is 26.0 Å². The van der Waals surface area contributed by atoms with E-state index in [4.69, 9.17) is 4.74 Å². The second-order valence-corrected chi connectivity index (χ2v) is 8.68. The molecule has 2 amide bonds. The number of para-hydroxylation sites is 1. The SMILES string of the molecule is Cc1cc(C)nc(SCC(=O)NN=Cc2cn(CC(=O)N3CCOCC3)c3ccccc23)n1. The highest BCUT2D eigenvalue weighted by Crippen LogP contribution is 2.20. The number of rotatable bonds is 7. The zero-order valence-corrected chi connectivity index (χ0v) is 19.5. The van der Waals surface area contributed by atoms with Crippen molar-refractivity contribution < 1.29 is 14.3 Å². The monoisotopic (exact) mass is 466 g/mol. The Kier molecular flexibility index (Phi) is 7.36. The number of carbonyl (C=O) groups is 2. The lowest BCUT2D eigenvalue weighted by Gasteiger charge is -2.27. The van der Waals surface area contributed by atoms with E-state index < -0.39 is 0 Å². The number of aryl methyl sites for hydroxylation is 2. The van der Waals surface area contributed by atoms with Gasteiger partial charge in [0.25, 0.3) is 5.91 Å². The minimum absolute atomic E-state index is 0.0569. The zero-order valence-electron chi connectivity index (χ0n) is 18.7. The van der Waals surface area contributed by atoms with E-state index in [0.29, 0.717) is 31.5 Å². The maximum absolute atomic E-state index is 12.7. The summed E-state index contributed by atoms with van der Waals surface area (Å²) < 4.78 is 7.25. The van der Waals surface area contributed by atoms with Gasteiger partial charge in [0.15, 0.2) is 5.16 Å². The molecule has 1 aliphatic heterocycles. The molecule has 1 saturated heterocycles. The van der Waals surface area contributed by atoms with Gasteiger partial charge in [0.1, 0.15) is 6.54 Å². The molecule has 0 unspecified atom stereocenters. The van der Waals surface area contributed by atoms with E-state index >= 15 is 0 Å². The summed E-state index contributed by atoms with van der Waals surface area (Å²) in [6, 6.07) is 9.71. The van der Waals surface area contributed by atoms with Crippen LogP contribution in [0.5, 0.6) is 0 Å². The zero-order chi connectivity index (χ0) is 23.2. The van der Waals surface area contributed by atoms with Crippen LogP contribution in [0.15, 0.2) is 46.8 Å². The van der Waals surface area contributed by atoms with E-state index in [2.05, 4.69) is 20.5 Å². The van der Waals surface area contributed by atoms with Gasteiger partial charge in [0.05, 0.1) is 25.2 Å². The van der Waals surface area contributed by atoms with Crippen LogP contribution in [0.25, 0.3) is 10.9 Å². The minimum Gasteiger partial charge on any atom is -0.378 e. The molecule has 0 radical (unpaired) electrons. The normalized spacial score (nSPS) is 14.2. The molecular formula is C23H26N6O3S. The van der Waals surface area contributed by atoms with Gasteiger partial charge in [-0.25, -0.2) is 15.4 Å². The van der Waals surface area contributed by atoms with Crippen LogP contribution in [0.1, 0.15) is 17.0 Å². The first-order valence-electron chi connectivity index (χ1n) is 10.7. The summed E-state index contributed by atoms with van der Waals surface area (Å²) in [7, 11) is 0. The smallest absolute Gasteiger partial charge is 0.250 e. The van der Waals surface area contributed by atoms with Crippen LogP contribution in [0.2, 0.25) is 0 Å². The molecule has 0 aliphatic carbocycles. The van der Waals surface area contributed by atoms with E-state index in [1.165, 1.54) is 11.8 Å². The first-order valence-corrected chi connectivity index (χ1v) is 11.7. The largest absolute Gasteiger partial charge is 0.378 e. The standard InChI is InChI=1S/C23H26N6O3S/c1-16-11-17(2)26-23(25-16)33-15-21(30)27-24-12-18-13-29(20-6-4-3-5-19(18)20)14-22(31)28-7-9-32-10-8-28/h3-6,11-13H,7-10,14-15H2,1-2H3,(H,27,30). The summed E-state index contributed by atoms with van der Waals surface area (Å²) in [4.78, 5) is 35.4. The number of nitrogens with one attached hydrogen (secondary N) is 1. The van der Waals surface area contributed by atoms with Gasteiger partial charge < -0.3 is 14.2 Å². The van der Waals surface area contributed by atoms with E-state index in [1.54, 1.807) is 6.21 Å². The predicted octanol–water partition coefficient (Wildman–Crippen LogP) is 2.15. The van der Waals surface area contributed by atoms with Crippen molar-refractivity contribution in [3.05, 3.63) is 53.5 Å². The fourth-order valence-electron chi connectivity index (χ4n) is 3.66. The van der Waals surface area contributed by atoms with Gasteiger partial charge in [-0.2, -0.15) is 5.10 Å². The average molecular weight is 467 g/mol. The van der Waals surface area contributed by atoms with Crippen LogP contribution < -0.4 is 5.43 Å². The van der Waals surface area contributed by atoms with Crippen LogP contribution in [0, 0.1) is 13.8 Å². The number of hydrogen-bond acceptors (Lipinski definition) is 7. The molecule has 1 aliphatic rings. The van der Waals surface area contributed by atoms with Gasteiger partial charge in [0, 0.05) is 47.1 Å². The minimum atomic E-state index is -0.245. The van der Waals surface area contributed by atoms with Crippen molar-refractivity contribution in [1.82, 2.24) is 24.9 Å². The summed E-state index contributed by atoms with van der Waals surface area (Å²) in [6.07, 6.45) is 3.49. The quantitative estimate of drug-likeness (QED) is 0.248. The molecule has 1 aromatic carbocycles. The highest BCUT2D eigenvalue weighted by atomic mass is 32.2. The number of morpholine rings is 1. The van der Waals surface area contributed by atoms with Crippen molar-refractivity contribution in [2.45, 2.75) is 25.5 Å².